The number of rotatable bonds is 11. The first-order valence-electron chi connectivity index (χ1n) is 15.5. The van der Waals surface area contributed by atoms with Crippen LogP contribution in [-0.2, 0) is 12.8 Å². The molecule has 226 valence electrons. The molecule has 11 nitrogen and oxygen atoms in total. The van der Waals surface area contributed by atoms with Crippen molar-refractivity contribution in [3.05, 3.63) is 88.0 Å². The van der Waals surface area contributed by atoms with Gasteiger partial charge >= 0.3 is 0 Å². The topological polar surface area (TPSA) is 137 Å². The summed E-state index contributed by atoms with van der Waals surface area (Å²) in [5.41, 5.74) is 4.91. The van der Waals surface area contributed by atoms with Gasteiger partial charge in [0.05, 0.1) is 30.4 Å². The summed E-state index contributed by atoms with van der Waals surface area (Å²) < 4.78 is 7.22. The average molecular weight is 592 g/mol. The van der Waals surface area contributed by atoms with E-state index in [9.17, 15) is 4.79 Å². The van der Waals surface area contributed by atoms with Crippen LogP contribution in [0.4, 0.5) is 0 Å². The SMILES string of the molecule is CCCCc1nc(C2CCCCC2)n(-c2ncc(OCC)cn2)c(=O)c1Cc1ccc(-c2ccccc2-c2nnn[nH]2)nc1. The van der Waals surface area contributed by atoms with Crippen molar-refractivity contribution < 1.29 is 4.74 Å². The normalized spacial score (nSPS) is 13.7. The summed E-state index contributed by atoms with van der Waals surface area (Å²) >= 11 is 0. The Kier molecular flexibility index (Phi) is 9.09. The summed E-state index contributed by atoms with van der Waals surface area (Å²) in [5, 5.41) is 14.3. The van der Waals surface area contributed by atoms with E-state index in [0.717, 1.165) is 78.8 Å². The molecule has 44 heavy (non-hydrogen) atoms. The van der Waals surface area contributed by atoms with E-state index in [0.29, 0.717) is 36.1 Å². The third-order valence-electron chi connectivity index (χ3n) is 8.16. The Labute approximate surface area is 256 Å². The van der Waals surface area contributed by atoms with Crippen molar-refractivity contribution in [1.82, 2.24) is 45.1 Å². The molecule has 0 aliphatic heterocycles. The van der Waals surface area contributed by atoms with Crippen LogP contribution in [0.25, 0.3) is 28.6 Å². The third-order valence-corrected chi connectivity index (χ3v) is 8.16. The number of H-pyrrole nitrogens is 1. The van der Waals surface area contributed by atoms with Gasteiger partial charge in [0.1, 0.15) is 5.82 Å². The number of pyridine rings is 1. The summed E-state index contributed by atoms with van der Waals surface area (Å²) in [7, 11) is 0. The number of hydrogen-bond acceptors (Lipinski definition) is 9. The Morgan fingerprint density at radius 1 is 0.955 bits per heavy atom. The zero-order valence-electron chi connectivity index (χ0n) is 25.2. The molecule has 1 N–H and O–H groups in total. The lowest BCUT2D eigenvalue weighted by Gasteiger charge is -2.25. The Balaban J connectivity index is 1.40. The highest BCUT2D eigenvalue weighted by Gasteiger charge is 2.26. The molecule has 1 fully saturated rings. The van der Waals surface area contributed by atoms with Gasteiger partial charge in [0.25, 0.3) is 5.56 Å². The zero-order valence-corrected chi connectivity index (χ0v) is 25.2. The summed E-state index contributed by atoms with van der Waals surface area (Å²) in [6.07, 6.45) is 13.7. The van der Waals surface area contributed by atoms with Gasteiger partial charge < -0.3 is 4.74 Å². The number of aryl methyl sites for hydroxylation is 1. The molecule has 6 rings (SSSR count). The van der Waals surface area contributed by atoms with Crippen molar-refractivity contribution in [2.45, 2.75) is 77.6 Å². The molecule has 11 heteroatoms. The number of tetrazole rings is 1. The minimum Gasteiger partial charge on any atom is -0.491 e. The van der Waals surface area contributed by atoms with Gasteiger partial charge in [-0.1, -0.05) is 62.9 Å². The predicted molar refractivity (Wildman–Crippen MR) is 167 cm³/mol. The fraction of sp³-hybridized carbons (Fsp3) is 0.394. The molecule has 5 aromatic rings. The molecule has 4 heterocycles. The Morgan fingerprint density at radius 2 is 1.75 bits per heavy atom. The van der Waals surface area contributed by atoms with Crippen molar-refractivity contribution in [3.63, 3.8) is 0 Å². The highest BCUT2D eigenvalue weighted by atomic mass is 16.5. The third kappa shape index (κ3) is 6.27. The molecule has 0 radical (unpaired) electrons. The average Bonchev–Trinajstić information content (AvgIpc) is 3.61. The molecule has 0 atom stereocenters. The lowest BCUT2D eigenvalue weighted by atomic mass is 9.88. The van der Waals surface area contributed by atoms with Crippen LogP contribution in [0.2, 0.25) is 0 Å². The van der Waals surface area contributed by atoms with Crippen molar-refractivity contribution in [2.75, 3.05) is 6.61 Å². The van der Waals surface area contributed by atoms with Crippen LogP contribution in [0.1, 0.15) is 87.4 Å². The van der Waals surface area contributed by atoms with Crippen LogP contribution < -0.4 is 10.3 Å². The van der Waals surface area contributed by atoms with Gasteiger partial charge in [0.2, 0.25) is 5.95 Å². The van der Waals surface area contributed by atoms with E-state index >= 15 is 0 Å². The second kappa shape index (κ2) is 13.7. The molecule has 1 aromatic carbocycles. The fourth-order valence-corrected chi connectivity index (χ4v) is 5.92. The molecule has 1 aliphatic carbocycles. The van der Waals surface area contributed by atoms with E-state index in [1.54, 1.807) is 17.0 Å². The maximum Gasteiger partial charge on any atom is 0.264 e. The van der Waals surface area contributed by atoms with E-state index in [-0.39, 0.29) is 11.5 Å². The Bertz CT molecular complexity index is 1730. The van der Waals surface area contributed by atoms with Crippen LogP contribution in [-0.4, -0.2) is 51.7 Å². The van der Waals surface area contributed by atoms with Crippen LogP contribution in [0.5, 0.6) is 5.75 Å². The van der Waals surface area contributed by atoms with Gasteiger partial charge in [-0.15, -0.1) is 5.10 Å². The van der Waals surface area contributed by atoms with Gasteiger partial charge in [-0.2, -0.15) is 0 Å². The monoisotopic (exact) mass is 591 g/mol. The van der Waals surface area contributed by atoms with Crippen molar-refractivity contribution in [2.24, 2.45) is 0 Å². The fourth-order valence-electron chi connectivity index (χ4n) is 5.92. The second-order valence-electron chi connectivity index (χ2n) is 11.1. The van der Waals surface area contributed by atoms with Crippen LogP contribution in [0.15, 0.2) is 59.8 Å². The molecule has 4 aromatic heterocycles. The summed E-state index contributed by atoms with van der Waals surface area (Å²) in [5.74, 6) is 2.46. The van der Waals surface area contributed by atoms with Gasteiger partial charge in [0.15, 0.2) is 11.6 Å². The maximum atomic E-state index is 14.5. The highest BCUT2D eigenvalue weighted by molar-refractivity contribution is 5.78. The summed E-state index contributed by atoms with van der Waals surface area (Å²) in [6, 6.07) is 11.8. The number of hydrogen-bond donors (Lipinski definition) is 1. The minimum absolute atomic E-state index is 0.108. The Hall–Kier alpha value is -4.80. The first-order valence-corrected chi connectivity index (χ1v) is 15.5. The lowest BCUT2D eigenvalue weighted by molar-refractivity contribution is 0.337. The molecule has 0 spiro atoms. The van der Waals surface area contributed by atoms with E-state index < -0.39 is 0 Å². The number of benzene rings is 1. The van der Waals surface area contributed by atoms with Gasteiger partial charge in [0, 0.05) is 35.2 Å². The van der Waals surface area contributed by atoms with E-state index in [4.69, 9.17) is 14.7 Å². The lowest BCUT2D eigenvalue weighted by Crippen LogP contribution is -2.32. The van der Waals surface area contributed by atoms with Crippen molar-refractivity contribution in [3.8, 4) is 34.3 Å². The van der Waals surface area contributed by atoms with Crippen molar-refractivity contribution >= 4 is 0 Å². The molecule has 0 bridgehead atoms. The predicted octanol–water partition coefficient (Wildman–Crippen LogP) is 5.64. The minimum atomic E-state index is -0.108. The zero-order chi connectivity index (χ0) is 30.3. The second-order valence-corrected chi connectivity index (χ2v) is 11.1. The molecule has 0 saturated heterocycles. The maximum absolute atomic E-state index is 14.5. The van der Waals surface area contributed by atoms with Gasteiger partial charge in [-0.25, -0.2) is 24.6 Å². The van der Waals surface area contributed by atoms with Gasteiger partial charge in [-0.3, -0.25) is 9.78 Å². The Morgan fingerprint density at radius 3 is 2.43 bits per heavy atom. The molecule has 0 amide bonds. The first kappa shape index (κ1) is 29.3. The van der Waals surface area contributed by atoms with Crippen LogP contribution in [0.3, 0.4) is 0 Å². The summed E-state index contributed by atoms with van der Waals surface area (Å²) in [6.45, 7) is 4.59. The van der Waals surface area contributed by atoms with Crippen LogP contribution >= 0.6 is 0 Å². The molecular formula is C33H37N9O2. The van der Waals surface area contributed by atoms with Gasteiger partial charge in [-0.05, 0) is 54.7 Å². The molecule has 1 aliphatic rings. The molecular weight excluding hydrogens is 554 g/mol. The summed E-state index contributed by atoms with van der Waals surface area (Å²) in [4.78, 5) is 33.6. The highest BCUT2D eigenvalue weighted by Crippen LogP contribution is 2.33. The molecule has 0 unspecified atom stereocenters. The van der Waals surface area contributed by atoms with E-state index in [2.05, 4.69) is 37.5 Å². The van der Waals surface area contributed by atoms with Crippen molar-refractivity contribution in [1.29, 1.82) is 0 Å². The smallest absolute Gasteiger partial charge is 0.264 e. The number of nitrogens with one attached hydrogen (secondary N) is 1. The number of aromatic nitrogens is 9. The quantitative estimate of drug-likeness (QED) is 0.207. The number of ether oxygens (including phenoxy) is 1. The van der Waals surface area contributed by atoms with Crippen LogP contribution in [0, 0.1) is 0 Å². The number of nitrogens with zero attached hydrogens (tertiary/aromatic N) is 8. The first-order chi connectivity index (χ1) is 21.7. The van der Waals surface area contributed by atoms with E-state index in [1.165, 1.54) is 6.42 Å². The van der Waals surface area contributed by atoms with E-state index in [1.807, 2.05) is 49.5 Å². The largest absolute Gasteiger partial charge is 0.491 e. The number of unbranched alkanes of at least 4 members (excludes halogenated alkanes) is 1. The number of aromatic amines is 1. The standard InChI is InChI=1S/C33H37N9O2/c1-3-5-15-29-27(18-22-16-17-28(34-19-22)25-13-9-10-14-26(25)30-38-40-41-39-30)32(43)42(31(37-29)23-11-7-6-8-12-23)33-35-20-24(21-36-33)44-4-2/h9-10,13-14,16-17,19-21,23H,3-8,11-12,15,18H2,1-2H3,(H,38,39,40,41). The molecule has 1 saturated carbocycles.